The van der Waals surface area contributed by atoms with Gasteiger partial charge >= 0.3 is 0 Å². The van der Waals surface area contributed by atoms with E-state index >= 15 is 0 Å². The Labute approximate surface area is 82.1 Å². The van der Waals surface area contributed by atoms with Gasteiger partial charge in [0, 0.05) is 12.1 Å². The highest BCUT2D eigenvalue weighted by Crippen LogP contribution is 2.24. The molecule has 0 aromatic heterocycles. The first-order chi connectivity index (χ1) is 6.66. The van der Waals surface area contributed by atoms with Gasteiger partial charge in [-0.2, -0.15) is 0 Å². The standard InChI is InChI=1S/C11H13F2N/c1-7(14-9-3-4-9)8-2-5-10(12)11(13)6-8/h2,5-7,9,14H,3-4H2,1H3. The molecule has 1 saturated carbocycles. The van der Waals surface area contributed by atoms with Gasteiger partial charge in [0.25, 0.3) is 0 Å². The van der Waals surface area contributed by atoms with E-state index in [-0.39, 0.29) is 6.04 Å². The van der Waals surface area contributed by atoms with Crippen molar-refractivity contribution in [2.24, 2.45) is 0 Å². The minimum Gasteiger partial charge on any atom is -0.307 e. The van der Waals surface area contributed by atoms with Crippen molar-refractivity contribution in [1.29, 1.82) is 0 Å². The van der Waals surface area contributed by atoms with Crippen molar-refractivity contribution in [1.82, 2.24) is 5.32 Å². The Bertz CT molecular complexity index is 334. The van der Waals surface area contributed by atoms with Crippen LogP contribution < -0.4 is 5.32 Å². The van der Waals surface area contributed by atoms with Crippen LogP contribution in [0.25, 0.3) is 0 Å². The molecule has 1 nitrogen and oxygen atoms in total. The molecular weight excluding hydrogens is 184 g/mol. The molecule has 0 heterocycles. The van der Waals surface area contributed by atoms with Crippen molar-refractivity contribution in [2.45, 2.75) is 31.8 Å². The third-order valence-electron chi connectivity index (χ3n) is 2.51. The molecule has 76 valence electrons. The fourth-order valence-corrected chi connectivity index (χ4v) is 1.48. The van der Waals surface area contributed by atoms with Crippen molar-refractivity contribution >= 4 is 0 Å². The lowest BCUT2D eigenvalue weighted by molar-refractivity contribution is 0.500. The summed E-state index contributed by atoms with van der Waals surface area (Å²) in [6.07, 6.45) is 2.38. The Morgan fingerprint density at radius 2 is 2.00 bits per heavy atom. The molecule has 1 aliphatic rings. The summed E-state index contributed by atoms with van der Waals surface area (Å²) in [5.41, 5.74) is 0.802. The minimum atomic E-state index is -0.785. The monoisotopic (exact) mass is 197 g/mol. The first-order valence-electron chi connectivity index (χ1n) is 4.88. The fourth-order valence-electron chi connectivity index (χ4n) is 1.48. The van der Waals surface area contributed by atoms with Crippen LogP contribution in [0.3, 0.4) is 0 Å². The van der Waals surface area contributed by atoms with Crippen LogP contribution >= 0.6 is 0 Å². The van der Waals surface area contributed by atoms with E-state index in [9.17, 15) is 8.78 Å². The molecule has 2 rings (SSSR count). The molecule has 0 spiro atoms. The van der Waals surface area contributed by atoms with Gasteiger partial charge in [0.05, 0.1) is 0 Å². The maximum atomic E-state index is 12.9. The molecule has 3 heteroatoms. The van der Waals surface area contributed by atoms with Gasteiger partial charge in [0.1, 0.15) is 0 Å². The van der Waals surface area contributed by atoms with Gasteiger partial charge in [-0.1, -0.05) is 6.07 Å². The molecular formula is C11H13F2N. The molecule has 1 unspecified atom stereocenters. The Kier molecular flexibility index (Phi) is 2.50. The SMILES string of the molecule is CC(NC1CC1)c1ccc(F)c(F)c1. The molecule has 1 aromatic rings. The van der Waals surface area contributed by atoms with Crippen LogP contribution in [0.2, 0.25) is 0 Å². The van der Waals surface area contributed by atoms with Gasteiger partial charge in [-0.3, -0.25) is 0 Å². The van der Waals surface area contributed by atoms with E-state index < -0.39 is 11.6 Å². The Morgan fingerprint density at radius 1 is 1.29 bits per heavy atom. The number of hydrogen-bond acceptors (Lipinski definition) is 1. The van der Waals surface area contributed by atoms with Crippen LogP contribution in [0.5, 0.6) is 0 Å². The third-order valence-corrected chi connectivity index (χ3v) is 2.51. The van der Waals surface area contributed by atoms with E-state index in [1.54, 1.807) is 6.07 Å². The minimum absolute atomic E-state index is 0.0950. The third kappa shape index (κ3) is 2.10. The lowest BCUT2D eigenvalue weighted by atomic mass is 10.1. The Balaban J connectivity index is 2.10. The summed E-state index contributed by atoms with van der Waals surface area (Å²) in [4.78, 5) is 0. The largest absolute Gasteiger partial charge is 0.307 e. The molecule has 1 aromatic carbocycles. The maximum Gasteiger partial charge on any atom is 0.159 e. The highest BCUT2D eigenvalue weighted by Gasteiger charge is 2.23. The van der Waals surface area contributed by atoms with Crippen molar-refractivity contribution in [3.05, 3.63) is 35.4 Å². The number of nitrogens with one attached hydrogen (secondary N) is 1. The number of hydrogen-bond donors (Lipinski definition) is 1. The van der Waals surface area contributed by atoms with Crippen LogP contribution in [-0.2, 0) is 0 Å². The van der Waals surface area contributed by atoms with Crippen molar-refractivity contribution in [3.8, 4) is 0 Å². The number of rotatable bonds is 3. The molecule has 0 aliphatic heterocycles. The van der Waals surface area contributed by atoms with Gasteiger partial charge in [-0.15, -0.1) is 0 Å². The van der Waals surface area contributed by atoms with E-state index in [1.807, 2.05) is 6.92 Å². The Morgan fingerprint density at radius 3 is 2.57 bits per heavy atom. The van der Waals surface area contributed by atoms with Crippen LogP contribution in [0.4, 0.5) is 8.78 Å². The second-order valence-electron chi connectivity index (χ2n) is 3.84. The predicted octanol–water partition coefficient (Wildman–Crippen LogP) is 2.78. The normalized spacial score (nSPS) is 18.2. The predicted molar refractivity (Wildman–Crippen MR) is 50.9 cm³/mol. The highest BCUT2D eigenvalue weighted by atomic mass is 19.2. The first-order valence-corrected chi connectivity index (χ1v) is 4.88. The number of halogens is 2. The molecule has 1 N–H and O–H groups in total. The molecule has 0 bridgehead atoms. The summed E-state index contributed by atoms with van der Waals surface area (Å²) in [6, 6.07) is 4.72. The smallest absolute Gasteiger partial charge is 0.159 e. The average Bonchev–Trinajstić information content (AvgIpc) is 2.93. The first kappa shape index (κ1) is 9.59. The van der Waals surface area contributed by atoms with E-state index in [0.717, 1.165) is 5.56 Å². The zero-order valence-corrected chi connectivity index (χ0v) is 8.06. The fraction of sp³-hybridized carbons (Fsp3) is 0.455. The van der Waals surface area contributed by atoms with Crippen molar-refractivity contribution in [2.75, 3.05) is 0 Å². The summed E-state index contributed by atoms with van der Waals surface area (Å²) in [5, 5.41) is 3.33. The summed E-state index contributed by atoms with van der Waals surface area (Å²) in [6.45, 7) is 1.96. The lowest BCUT2D eigenvalue weighted by Gasteiger charge is -2.13. The molecule has 0 radical (unpaired) electrons. The second-order valence-corrected chi connectivity index (χ2v) is 3.84. The molecule has 1 atom stereocenters. The Hall–Kier alpha value is -0.960. The molecule has 1 aliphatic carbocycles. The zero-order valence-electron chi connectivity index (χ0n) is 8.06. The van der Waals surface area contributed by atoms with E-state index in [0.29, 0.717) is 6.04 Å². The van der Waals surface area contributed by atoms with Gasteiger partial charge in [-0.05, 0) is 37.5 Å². The lowest BCUT2D eigenvalue weighted by Crippen LogP contribution is -2.20. The van der Waals surface area contributed by atoms with Crippen LogP contribution in [0.1, 0.15) is 31.4 Å². The maximum absolute atomic E-state index is 12.9. The van der Waals surface area contributed by atoms with Gasteiger partial charge < -0.3 is 5.32 Å². The topological polar surface area (TPSA) is 12.0 Å². The summed E-state index contributed by atoms with van der Waals surface area (Å²) < 4.78 is 25.5. The van der Waals surface area contributed by atoms with Crippen LogP contribution in [0, 0.1) is 11.6 Å². The van der Waals surface area contributed by atoms with E-state index in [2.05, 4.69) is 5.32 Å². The quantitative estimate of drug-likeness (QED) is 0.785. The van der Waals surface area contributed by atoms with E-state index in [1.165, 1.54) is 25.0 Å². The molecule has 14 heavy (non-hydrogen) atoms. The van der Waals surface area contributed by atoms with Gasteiger partial charge in [0.2, 0.25) is 0 Å². The van der Waals surface area contributed by atoms with Crippen LogP contribution in [-0.4, -0.2) is 6.04 Å². The summed E-state index contributed by atoms with van der Waals surface area (Å²) in [7, 11) is 0. The second kappa shape index (κ2) is 3.65. The average molecular weight is 197 g/mol. The van der Waals surface area contributed by atoms with E-state index in [4.69, 9.17) is 0 Å². The highest BCUT2D eigenvalue weighted by molar-refractivity contribution is 5.21. The molecule has 0 saturated heterocycles. The molecule has 0 amide bonds. The zero-order chi connectivity index (χ0) is 10.1. The van der Waals surface area contributed by atoms with Gasteiger partial charge in [-0.25, -0.2) is 8.78 Å². The number of benzene rings is 1. The summed E-state index contributed by atoms with van der Waals surface area (Å²) in [5.74, 6) is -1.56. The van der Waals surface area contributed by atoms with Crippen molar-refractivity contribution < 1.29 is 8.78 Å². The van der Waals surface area contributed by atoms with Gasteiger partial charge in [0.15, 0.2) is 11.6 Å². The molecule has 1 fully saturated rings. The van der Waals surface area contributed by atoms with Crippen LogP contribution in [0.15, 0.2) is 18.2 Å². The summed E-state index contributed by atoms with van der Waals surface area (Å²) >= 11 is 0. The van der Waals surface area contributed by atoms with Crippen molar-refractivity contribution in [3.63, 3.8) is 0 Å².